The van der Waals surface area contributed by atoms with Crippen LogP contribution in [0.5, 0.6) is 0 Å². The van der Waals surface area contributed by atoms with Crippen molar-refractivity contribution in [2.75, 3.05) is 12.9 Å². The second kappa shape index (κ2) is 17.1. The predicted octanol–water partition coefficient (Wildman–Crippen LogP) is 6.04. The molecule has 0 unspecified atom stereocenters. The molecule has 4 aromatic carbocycles. The molecule has 0 saturated carbocycles. The van der Waals surface area contributed by atoms with E-state index >= 15 is 0 Å². The zero-order valence-corrected chi connectivity index (χ0v) is 28.1. The first-order chi connectivity index (χ1) is 23.7. The molecule has 1 heterocycles. The number of esters is 1. The van der Waals surface area contributed by atoms with Crippen LogP contribution < -0.4 is 10.6 Å². The van der Waals surface area contributed by atoms with Crippen LogP contribution in [-0.2, 0) is 38.6 Å². The number of nitrogens with one attached hydrogen (secondary N) is 2. The first-order valence-corrected chi connectivity index (χ1v) is 16.9. The molecule has 5 rings (SSSR count). The number of ether oxygens (including phenoxy) is 3. The van der Waals surface area contributed by atoms with Crippen molar-refractivity contribution < 1.29 is 38.8 Å². The molecule has 1 aliphatic heterocycles. The van der Waals surface area contributed by atoms with Gasteiger partial charge in [0.1, 0.15) is 6.04 Å². The van der Waals surface area contributed by atoms with Gasteiger partial charge in [-0.15, -0.1) is 11.8 Å². The molecular weight excluding hydrogens is 644 g/mol. The molecule has 11 heteroatoms. The Morgan fingerprint density at radius 3 is 2.12 bits per heavy atom. The van der Waals surface area contributed by atoms with Crippen LogP contribution in [0.2, 0.25) is 0 Å². The monoisotopic (exact) mass is 684 g/mol. The third-order valence-electron chi connectivity index (χ3n) is 8.42. The Bertz CT molecular complexity index is 1680. The smallest absolute Gasteiger partial charge is 0.335 e. The van der Waals surface area contributed by atoms with Crippen molar-refractivity contribution in [3.05, 3.63) is 137 Å². The number of urea groups is 1. The Balaban J connectivity index is 1.24. The van der Waals surface area contributed by atoms with Gasteiger partial charge >= 0.3 is 18.0 Å². The van der Waals surface area contributed by atoms with E-state index in [9.17, 15) is 24.6 Å². The molecule has 4 N–H and O–H groups in total. The molecule has 2 amide bonds. The van der Waals surface area contributed by atoms with Crippen LogP contribution >= 0.6 is 11.8 Å². The summed E-state index contributed by atoms with van der Waals surface area (Å²) in [6.07, 6.45) is -0.842. The number of aliphatic hydroxyl groups excluding tert-OH is 1. The van der Waals surface area contributed by atoms with Crippen LogP contribution in [0.15, 0.2) is 108 Å². The summed E-state index contributed by atoms with van der Waals surface area (Å²) in [5.74, 6) is -0.889. The number of carbonyl (C=O) groups is 3. The summed E-state index contributed by atoms with van der Waals surface area (Å²) in [4.78, 5) is 37.3. The van der Waals surface area contributed by atoms with Gasteiger partial charge < -0.3 is 35.1 Å². The fourth-order valence-electron chi connectivity index (χ4n) is 5.55. The second-order valence-electron chi connectivity index (χ2n) is 11.8. The van der Waals surface area contributed by atoms with Gasteiger partial charge in [-0.25, -0.2) is 14.4 Å². The zero-order chi connectivity index (χ0) is 34.8. The molecule has 49 heavy (non-hydrogen) atoms. The van der Waals surface area contributed by atoms with E-state index < -0.39 is 30.3 Å². The van der Waals surface area contributed by atoms with E-state index in [-0.39, 0.29) is 36.8 Å². The number of carbonyl (C=O) groups excluding carboxylic acids is 2. The zero-order valence-electron chi connectivity index (χ0n) is 27.3. The minimum absolute atomic E-state index is 0.0142. The van der Waals surface area contributed by atoms with Crippen LogP contribution in [0.25, 0.3) is 0 Å². The van der Waals surface area contributed by atoms with E-state index in [1.165, 1.54) is 7.11 Å². The molecule has 256 valence electrons. The Morgan fingerprint density at radius 2 is 1.49 bits per heavy atom. The minimum atomic E-state index is -0.966. The van der Waals surface area contributed by atoms with Gasteiger partial charge in [0.25, 0.3) is 0 Å². The molecule has 0 bridgehead atoms. The topological polar surface area (TPSA) is 143 Å². The lowest BCUT2D eigenvalue weighted by Gasteiger charge is -2.41. The number of carboxylic acids is 1. The van der Waals surface area contributed by atoms with Gasteiger partial charge in [0.15, 0.2) is 6.29 Å². The van der Waals surface area contributed by atoms with E-state index in [2.05, 4.69) is 17.6 Å². The molecule has 1 saturated heterocycles. The van der Waals surface area contributed by atoms with Crippen LogP contribution in [0.3, 0.4) is 0 Å². The van der Waals surface area contributed by atoms with E-state index in [1.54, 1.807) is 36.0 Å². The maximum absolute atomic E-state index is 12.7. The number of rotatable bonds is 13. The summed E-state index contributed by atoms with van der Waals surface area (Å²) in [6, 6.07) is 30.2. The number of methoxy groups -OCH3 is 1. The van der Waals surface area contributed by atoms with Gasteiger partial charge in [-0.05, 0) is 46.5 Å². The molecule has 5 atom stereocenters. The second-order valence-corrected chi connectivity index (χ2v) is 12.9. The highest BCUT2D eigenvalue weighted by atomic mass is 32.2. The number of hydrogen-bond donors (Lipinski definition) is 4. The molecule has 10 nitrogen and oxygen atoms in total. The number of aliphatic hydroxyl groups is 1. The molecule has 1 aliphatic rings. The molecule has 0 radical (unpaired) electrons. The number of hydrogen-bond acceptors (Lipinski definition) is 8. The van der Waals surface area contributed by atoms with Gasteiger partial charge in [0, 0.05) is 35.1 Å². The van der Waals surface area contributed by atoms with Crippen molar-refractivity contribution in [3.63, 3.8) is 0 Å². The van der Waals surface area contributed by atoms with Crippen LogP contribution in [0.4, 0.5) is 4.79 Å². The predicted molar refractivity (Wildman–Crippen MR) is 185 cm³/mol. The summed E-state index contributed by atoms with van der Waals surface area (Å²) in [5.41, 5.74) is 4.57. The number of benzene rings is 4. The summed E-state index contributed by atoms with van der Waals surface area (Å²) >= 11 is 1.59. The number of aromatic carboxylic acids is 1. The van der Waals surface area contributed by atoms with Crippen molar-refractivity contribution in [3.8, 4) is 0 Å². The van der Waals surface area contributed by atoms with E-state index in [1.807, 2.05) is 78.9 Å². The van der Waals surface area contributed by atoms with Crippen LogP contribution in [-0.4, -0.2) is 53.2 Å². The van der Waals surface area contributed by atoms with Gasteiger partial charge in [-0.2, -0.15) is 0 Å². The van der Waals surface area contributed by atoms with Gasteiger partial charge in [0.05, 0.1) is 31.5 Å². The number of amides is 2. The van der Waals surface area contributed by atoms with Crippen LogP contribution in [0, 0.1) is 5.92 Å². The number of thioether (sulfide) groups is 1. The summed E-state index contributed by atoms with van der Waals surface area (Å²) in [5, 5.41) is 24.3. The van der Waals surface area contributed by atoms with Crippen molar-refractivity contribution >= 4 is 29.7 Å². The first-order valence-electron chi connectivity index (χ1n) is 16.0. The average molecular weight is 685 g/mol. The lowest BCUT2D eigenvalue weighted by atomic mass is 9.91. The maximum Gasteiger partial charge on any atom is 0.335 e. The largest absolute Gasteiger partial charge is 0.478 e. The summed E-state index contributed by atoms with van der Waals surface area (Å²) in [7, 11) is 1.29. The van der Waals surface area contributed by atoms with Crippen LogP contribution in [0.1, 0.15) is 57.5 Å². The fourth-order valence-corrected chi connectivity index (χ4v) is 6.62. The van der Waals surface area contributed by atoms with E-state index in [0.29, 0.717) is 12.2 Å². The molecule has 4 aromatic rings. The number of carboxylic acid groups (broad SMARTS) is 1. The van der Waals surface area contributed by atoms with Crippen molar-refractivity contribution in [1.29, 1.82) is 0 Å². The van der Waals surface area contributed by atoms with Crippen molar-refractivity contribution in [2.45, 2.75) is 55.9 Å². The first kappa shape index (κ1) is 35.6. The quantitative estimate of drug-likeness (QED) is 0.0979. The Morgan fingerprint density at radius 1 is 0.837 bits per heavy atom. The third kappa shape index (κ3) is 9.70. The lowest BCUT2D eigenvalue weighted by Crippen LogP contribution is -2.47. The van der Waals surface area contributed by atoms with Crippen molar-refractivity contribution in [1.82, 2.24) is 10.6 Å². The van der Waals surface area contributed by atoms with Gasteiger partial charge in [-0.1, -0.05) is 85.8 Å². The highest BCUT2D eigenvalue weighted by molar-refractivity contribution is 7.99. The fraction of sp³-hybridized carbons (Fsp3) is 0.289. The Kier molecular flexibility index (Phi) is 12.4. The Labute approximate surface area is 289 Å². The van der Waals surface area contributed by atoms with E-state index in [0.717, 1.165) is 32.7 Å². The maximum atomic E-state index is 12.7. The SMILES string of the molecule is COC(=O)[C@H](Cc1ccccc1)NC(=O)NCc1ccc([C@@H]2O[C@H](CSc3ccc(C(=O)O)cc3)[C@H](C)[C@H](c3ccc(CO)cc3)O2)cc1. The molecular formula is C38H40N2O8S. The minimum Gasteiger partial charge on any atom is -0.478 e. The van der Waals surface area contributed by atoms with Crippen molar-refractivity contribution in [2.24, 2.45) is 5.92 Å². The van der Waals surface area contributed by atoms with E-state index in [4.69, 9.17) is 14.2 Å². The van der Waals surface area contributed by atoms with Gasteiger partial charge in [-0.3, -0.25) is 0 Å². The standard InChI is InChI=1S/C38H40N2O8S/c1-24-33(23-49-31-18-16-29(17-19-31)35(42)43)47-37(48-34(24)28-12-10-27(22-41)11-13-28)30-14-8-26(9-15-30)21-39-38(45)40-32(36(44)46-2)20-25-6-4-3-5-7-25/h3-19,24,32-34,37,41H,20-23H2,1-2H3,(H,42,43)(H2,39,40,45)/t24-,32-,33+,34+,37+/m0/s1. The summed E-state index contributed by atoms with van der Waals surface area (Å²) in [6.45, 7) is 2.27. The van der Waals surface area contributed by atoms with Gasteiger partial charge in [0.2, 0.25) is 0 Å². The Hall–Kier alpha value is -4.68. The normalized spacial score (nSPS) is 19.4. The summed E-state index contributed by atoms with van der Waals surface area (Å²) < 4.78 is 18.0. The third-order valence-corrected chi connectivity index (χ3v) is 9.52. The lowest BCUT2D eigenvalue weighted by molar-refractivity contribution is -0.268. The molecule has 0 aliphatic carbocycles. The highest BCUT2D eigenvalue weighted by Gasteiger charge is 2.38. The molecule has 0 spiro atoms. The molecule has 1 fully saturated rings. The average Bonchev–Trinajstić information content (AvgIpc) is 3.14. The highest BCUT2D eigenvalue weighted by Crippen LogP contribution is 2.43. The molecule has 0 aromatic heterocycles.